The van der Waals surface area contributed by atoms with Crippen molar-refractivity contribution < 1.29 is 13.9 Å². The van der Waals surface area contributed by atoms with Crippen LogP contribution >= 0.6 is 23.4 Å². The zero-order chi connectivity index (χ0) is 21.2. The zero-order valence-corrected chi connectivity index (χ0v) is 18.9. The van der Waals surface area contributed by atoms with Crippen LogP contribution in [0.4, 0.5) is 9.18 Å². The second-order valence-electron chi connectivity index (χ2n) is 8.30. The summed E-state index contributed by atoms with van der Waals surface area (Å²) in [4.78, 5) is 15.3. The van der Waals surface area contributed by atoms with Crippen molar-refractivity contribution >= 4 is 29.5 Å². The molecule has 6 heteroatoms. The third-order valence-electron chi connectivity index (χ3n) is 4.86. The molecule has 3 rings (SSSR count). The van der Waals surface area contributed by atoms with E-state index in [4.69, 9.17) is 16.3 Å². The third kappa shape index (κ3) is 5.67. The molecule has 0 radical (unpaired) electrons. The number of ether oxygens (including phenoxy) is 1. The molecule has 156 valence electrons. The molecule has 1 aliphatic heterocycles. The molecule has 0 aliphatic carbocycles. The molecule has 0 N–H and O–H groups in total. The van der Waals surface area contributed by atoms with Crippen LogP contribution in [0.2, 0.25) is 5.02 Å². The molecule has 1 amide bonds. The molecule has 1 aliphatic rings. The highest BCUT2D eigenvalue weighted by Gasteiger charge is 2.26. The fourth-order valence-electron chi connectivity index (χ4n) is 3.40. The van der Waals surface area contributed by atoms with Crippen molar-refractivity contribution in [3.8, 4) is 0 Å². The minimum Gasteiger partial charge on any atom is -0.444 e. The van der Waals surface area contributed by atoms with E-state index in [1.807, 2.05) is 39.0 Å². The Hall–Kier alpha value is -1.72. The lowest BCUT2D eigenvalue weighted by atomic mass is 10.0. The standard InChI is InChI=1S/C23H27ClFNO2S/c1-15(17-6-5-7-18(25)14-17)29-21-19-11-13-26(22(27)28-23(2,3)4)12-10-16(19)8-9-20(21)24/h5-9,14-15H,10-13H2,1-4H3. The minimum absolute atomic E-state index is 0.0555. The van der Waals surface area contributed by atoms with Crippen LogP contribution in [0.15, 0.2) is 41.3 Å². The number of amides is 1. The first kappa shape index (κ1) is 22.0. The summed E-state index contributed by atoms with van der Waals surface area (Å²) in [6.45, 7) is 8.88. The SMILES string of the molecule is CC(Sc1c(Cl)ccc2c1CCN(C(=O)OC(C)(C)C)CC2)c1cccc(F)c1. The Morgan fingerprint density at radius 3 is 2.62 bits per heavy atom. The van der Waals surface area contributed by atoms with Crippen LogP contribution in [0.1, 0.15) is 49.6 Å². The predicted molar refractivity (Wildman–Crippen MR) is 117 cm³/mol. The molecule has 0 saturated carbocycles. The summed E-state index contributed by atoms with van der Waals surface area (Å²) >= 11 is 8.21. The van der Waals surface area contributed by atoms with Gasteiger partial charge in [0.1, 0.15) is 11.4 Å². The maximum atomic E-state index is 13.6. The maximum absolute atomic E-state index is 13.6. The molecule has 1 heterocycles. The quantitative estimate of drug-likeness (QED) is 0.504. The average molecular weight is 436 g/mol. The van der Waals surface area contributed by atoms with Crippen LogP contribution in [0.5, 0.6) is 0 Å². The van der Waals surface area contributed by atoms with Gasteiger partial charge in [-0.3, -0.25) is 0 Å². The van der Waals surface area contributed by atoms with Gasteiger partial charge >= 0.3 is 6.09 Å². The Labute approximate surface area is 181 Å². The molecule has 29 heavy (non-hydrogen) atoms. The summed E-state index contributed by atoms with van der Waals surface area (Å²) in [6.07, 6.45) is 1.19. The monoisotopic (exact) mass is 435 g/mol. The van der Waals surface area contributed by atoms with Crippen LogP contribution in [0, 0.1) is 5.82 Å². The van der Waals surface area contributed by atoms with Crippen LogP contribution < -0.4 is 0 Å². The van der Waals surface area contributed by atoms with Gasteiger partial charge in [-0.2, -0.15) is 0 Å². The van der Waals surface area contributed by atoms with Gasteiger partial charge < -0.3 is 9.64 Å². The van der Waals surface area contributed by atoms with Crippen LogP contribution in [-0.4, -0.2) is 29.7 Å². The number of carbonyl (C=O) groups is 1. The molecule has 0 fully saturated rings. The van der Waals surface area contributed by atoms with E-state index in [9.17, 15) is 9.18 Å². The summed E-state index contributed by atoms with van der Waals surface area (Å²) < 4.78 is 19.2. The number of thioether (sulfide) groups is 1. The summed E-state index contributed by atoms with van der Waals surface area (Å²) in [5.74, 6) is -0.235. The van der Waals surface area contributed by atoms with E-state index in [1.54, 1.807) is 28.8 Å². The van der Waals surface area contributed by atoms with E-state index in [-0.39, 0.29) is 17.2 Å². The number of fused-ring (bicyclic) bond motifs is 1. The van der Waals surface area contributed by atoms with Gasteiger partial charge in [0, 0.05) is 23.2 Å². The fourth-order valence-corrected chi connectivity index (χ4v) is 4.91. The Balaban J connectivity index is 1.80. The second kappa shape index (κ2) is 8.97. The summed E-state index contributed by atoms with van der Waals surface area (Å²) in [5.41, 5.74) is 2.79. The van der Waals surface area contributed by atoms with Crippen molar-refractivity contribution in [2.45, 2.75) is 56.3 Å². The van der Waals surface area contributed by atoms with E-state index >= 15 is 0 Å². The molecule has 1 unspecified atom stereocenters. The summed E-state index contributed by atoms with van der Waals surface area (Å²) in [6, 6.07) is 10.6. The van der Waals surface area contributed by atoms with Crippen molar-refractivity contribution in [3.05, 3.63) is 63.9 Å². The smallest absolute Gasteiger partial charge is 0.410 e. The summed E-state index contributed by atoms with van der Waals surface area (Å²) in [7, 11) is 0. The predicted octanol–water partition coefficient (Wildman–Crippen LogP) is 6.67. The largest absolute Gasteiger partial charge is 0.444 e. The first-order valence-electron chi connectivity index (χ1n) is 9.84. The van der Waals surface area contributed by atoms with E-state index in [1.165, 1.54) is 17.2 Å². The van der Waals surface area contributed by atoms with Gasteiger partial charge in [-0.1, -0.05) is 29.8 Å². The van der Waals surface area contributed by atoms with Gasteiger partial charge in [0.25, 0.3) is 0 Å². The topological polar surface area (TPSA) is 29.5 Å². The Bertz CT molecular complexity index is 897. The number of nitrogens with zero attached hydrogens (tertiary/aromatic N) is 1. The number of rotatable bonds is 3. The van der Waals surface area contributed by atoms with Gasteiger partial charge in [-0.25, -0.2) is 9.18 Å². The Morgan fingerprint density at radius 2 is 1.93 bits per heavy atom. The van der Waals surface area contributed by atoms with Crippen molar-refractivity contribution in [2.24, 2.45) is 0 Å². The number of carbonyl (C=O) groups excluding carboxylic acids is 1. The lowest BCUT2D eigenvalue weighted by Crippen LogP contribution is -2.38. The Morgan fingerprint density at radius 1 is 1.21 bits per heavy atom. The molecular formula is C23H27ClFNO2S. The first-order chi connectivity index (χ1) is 13.6. The van der Waals surface area contributed by atoms with Gasteiger partial charge in [-0.15, -0.1) is 11.8 Å². The van der Waals surface area contributed by atoms with Gasteiger partial charge in [0.2, 0.25) is 0 Å². The number of hydrogen-bond acceptors (Lipinski definition) is 3. The van der Waals surface area contributed by atoms with E-state index in [0.717, 1.165) is 16.9 Å². The van der Waals surface area contributed by atoms with E-state index in [0.29, 0.717) is 24.5 Å². The Kier molecular flexibility index (Phi) is 6.79. The van der Waals surface area contributed by atoms with Gasteiger partial charge in [0.05, 0.1) is 5.02 Å². The van der Waals surface area contributed by atoms with Crippen LogP contribution in [0.3, 0.4) is 0 Å². The maximum Gasteiger partial charge on any atom is 0.410 e. The molecule has 0 bridgehead atoms. The molecule has 0 saturated heterocycles. The lowest BCUT2D eigenvalue weighted by Gasteiger charge is -2.26. The highest BCUT2D eigenvalue weighted by molar-refractivity contribution is 7.99. The van der Waals surface area contributed by atoms with Crippen molar-refractivity contribution in [3.63, 3.8) is 0 Å². The fraction of sp³-hybridized carbons (Fsp3) is 0.435. The van der Waals surface area contributed by atoms with Gasteiger partial charge in [-0.05, 0) is 75.4 Å². The number of benzene rings is 2. The third-order valence-corrected chi connectivity index (χ3v) is 6.61. The van der Waals surface area contributed by atoms with Crippen molar-refractivity contribution in [1.82, 2.24) is 4.90 Å². The van der Waals surface area contributed by atoms with E-state index < -0.39 is 5.60 Å². The minimum atomic E-state index is -0.513. The first-order valence-corrected chi connectivity index (χ1v) is 11.1. The molecular weight excluding hydrogens is 409 g/mol. The molecule has 0 aromatic heterocycles. The number of halogens is 2. The molecule has 2 aromatic carbocycles. The normalized spacial score (nSPS) is 15.4. The highest BCUT2D eigenvalue weighted by atomic mass is 35.5. The molecule has 2 aromatic rings. The number of hydrogen-bond donors (Lipinski definition) is 0. The van der Waals surface area contributed by atoms with E-state index in [2.05, 4.69) is 6.92 Å². The molecule has 3 nitrogen and oxygen atoms in total. The average Bonchev–Trinajstić information content (AvgIpc) is 2.85. The van der Waals surface area contributed by atoms with Crippen LogP contribution in [0.25, 0.3) is 0 Å². The zero-order valence-electron chi connectivity index (χ0n) is 17.3. The van der Waals surface area contributed by atoms with Crippen molar-refractivity contribution in [2.75, 3.05) is 13.1 Å². The molecule has 1 atom stereocenters. The summed E-state index contributed by atoms with van der Waals surface area (Å²) in [5, 5.41) is 0.752. The highest BCUT2D eigenvalue weighted by Crippen LogP contribution is 2.42. The van der Waals surface area contributed by atoms with Crippen molar-refractivity contribution in [1.29, 1.82) is 0 Å². The lowest BCUT2D eigenvalue weighted by molar-refractivity contribution is 0.0258. The van der Waals surface area contributed by atoms with Crippen LogP contribution in [-0.2, 0) is 17.6 Å². The molecule has 0 spiro atoms. The second-order valence-corrected chi connectivity index (χ2v) is 10.1. The van der Waals surface area contributed by atoms with Gasteiger partial charge in [0.15, 0.2) is 0 Å².